The zero-order chi connectivity index (χ0) is 14.9. The van der Waals surface area contributed by atoms with Crippen molar-refractivity contribution >= 4 is 15.7 Å². The van der Waals surface area contributed by atoms with Crippen LogP contribution in [-0.4, -0.2) is 20.7 Å². The Balaban J connectivity index is 1.78. The Morgan fingerprint density at radius 2 is 1.86 bits per heavy atom. The van der Waals surface area contributed by atoms with Crippen molar-refractivity contribution in [1.82, 2.24) is 0 Å². The van der Waals surface area contributed by atoms with Crippen molar-refractivity contribution in [2.45, 2.75) is 12.8 Å². The zero-order valence-corrected chi connectivity index (χ0v) is 12.3. The van der Waals surface area contributed by atoms with Gasteiger partial charge in [-0.3, -0.25) is 4.31 Å². The summed E-state index contributed by atoms with van der Waals surface area (Å²) in [5, 5.41) is 0. The summed E-state index contributed by atoms with van der Waals surface area (Å²) < 4.78 is 39.6. The maximum Gasteiger partial charge on any atom is 0.235 e. The average Bonchev–Trinajstić information content (AvgIpc) is 2.90. The molecule has 2 aromatic carbocycles. The third kappa shape index (κ3) is 2.93. The standard InChI is InChI=1S/C16H16FNO2S/c17-15-6-7-16-14(12-15)8-10-18(16)21(19,20)11-9-13-4-2-1-3-5-13/h1-7,12H,8-11H2. The Morgan fingerprint density at radius 3 is 2.62 bits per heavy atom. The molecule has 1 aliphatic heterocycles. The SMILES string of the molecule is O=S(=O)(CCc1ccccc1)N1CCc2cc(F)ccc21. The number of sulfonamides is 1. The number of hydrogen-bond donors (Lipinski definition) is 0. The van der Waals surface area contributed by atoms with E-state index in [1.807, 2.05) is 30.3 Å². The van der Waals surface area contributed by atoms with Crippen molar-refractivity contribution in [2.24, 2.45) is 0 Å². The van der Waals surface area contributed by atoms with Crippen molar-refractivity contribution in [3.63, 3.8) is 0 Å². The van der Waals surface area contributed by atoms with Gasteiger partial charge in [0.15, 0.2) is 0 Å². The molecule has 0 spiro atoms. The van der Waals surface area contributed by atoms with Gasteiger partial charge in [0.2, 0.25) is 10.0 Å². The van der Waals surface area contributed by atoms with Crippen LogP contribution < -0.4 is 4.31 Å². The Kier molecular flexibility index (Phi) is 3.68. The molecular formula is C16H16FNO2S. The number of rotatable bonds is 4. The smallest absolute Gasteiger partial charge is 0.235 e. The molecule has 5 heteroatoms. The lowest BCUT2D eigenvalue weighted by molar-refractivity contribution is 0.591. The second-order valence-electron chi connectivity index (χ2n) is 5.15. The summed E-state index contributed by atoms with van der Waals surface area (Å²) in [6, 6.07) is 13.8. The highest BCUT2D eigenvalue weighted by Gasteiger charge is 2.29. The molecular weight excluding hydrogens is 289 g/mol. The van der Waals surface area contributed by atoms with E-state index in [1.54, 1.807) is 6.07 Å². The predicted octanol–water partition coefficient (Wildman–Crippen LogP) is 2.76. The molecule has 2 aromatic rings. The molecule has 0 unspecified atom stereocenters. The quantitative estimate of drug-likeness (QED) is 0.871. The summed E-state index contributed by atoms with van der Waals surface area (Å²) in [4.78, 5) is 0. The van der Waals surface area contributed by atoms with Crippen LogP contribution >= 0.6 is 0 Å². The van der Waals surface area contributed by atoms with Gasteiger partial charge >= 0.3 is 0 Å². The van der Waals surface area contributed by atoms with E-state index in [2.05, 4.69) is 0 Å². The van der Waals surface area contributed by atoms with E-state index in [0.717, 1.165) is 11.1 Å². The van der Waals surface area contributed by atoms with Gasteiger partial charge < -0.3 is 0 Å². The van der Waals surface area contributed by atoms with Crippen molar-refractivity contribution in [2.75, 3.05) is 16.6 Å². The van der Waals surface area contributed by atoms with Gasteiger partial charge in [0.1, 0.15) is 5.82 Å². The first-order chi connectivity index (χ1) is 10.1. The van der Waals surface area contributed by atoms with Crippen molar-refractivity contribution in [3.05, 3.63) is 65.5 Å². The molecule has 0 atom stereocenters. The Hall–Kier alpha value is -1.88. The van der Waals surface area contributed by atoms with Crippen LogP contribution in [0.4, 0.5) is 10.1 Å². The van der Waals surface area contributed by atoms with Crippen LogP contribution in [0.1, 0.15) is 11.1 Å². The van der Waals surface area contributed by atoms with E-state index in [0.29, 0.717) is 25.1 Å². The lowest BCUT2D eigenvalue weighted by Crippen LogP contribution is -2.32. The normalized spacial score (nSPS) is 14.2. The van der Waals surface area contributed by atoms with Crippen molar-refractivity contribution < 1.29 is 12.8 Å². The first-order valence-electron chi connectivity index (χ1n) is 6.89. The summed E-state index contributed by atoms with van der Waals surface area (Å²) in [6.45, 7) is 0.399. The molecule has 0 aliphatic carbocycles. The van der Waals surface area contributed by atoms with Crippen LogP contribution in [0.25, 0.3) is 0 Å². The lowest BCUT2D eigenvalue weighted by atomic mass is 10.2. The van der Waals surface area contributed by atoms with Crippen LogP contribution in [0.2, 0.25) is 0 Å². The molecule has 0 N–H and O–H groups in total. The van der Waals surface area contributed by atoms with Crippen molar-refractivity contribution in [1.29, 1.82) is 0 Å². The Bertz CT molecular complexity index is 744. The minimum absolute atomic E-state index is 0.0633. The highest BCUT2D eigenvalue weighted by atomic mass is 32.2. The third-order valence-electron chi connectivity index (χ3n) is 3.72. The Morgan fingerprint density at radius 1 is 1.10 bits per heavy atom. The monoisotopic (exact) mass is 305 g/mol. The fourth-order valence-electron chi connectivity index (χ4n) is 2.63. The van der Waals surface area contributed by atoms with Crippen molar-refractivity contribution in [3.8, 4) is 0 Å². The van der Waals surface area contributed by atoms with E-state index < -0.39 is 10.0 Å². The largest absolute Gasteiger partial charge is 0.270 e. The summed E-state index contributed by atoms with van der Waals surface area (Å²) in [5.74, 6) is -0.259. The first kappa shape index (κ1) is 14.1. The molecule has 0 aromatic heterocycles. The maximum absolute atomic E-state index is 13.2. The third-order valence-corrected chi connectivity index (χ3v) is 5.49. The second kappa shape index (κ2) is 5.48. The van der Waals surface area contributed by atoms with Crippen LogP contribution in [0.15, 0.2) is 48.5 Å². The molecule has 1 aliphatic rings. The van der Waals surface area contributed by atoms with Gasteiger partial charge in [0, 0.05) is 6.54 Å². The summed E-state index contributed by atoms with van der Waals surface area (Å²) in [7, 11) is -3.37. The molecule has 0 saturated carbocycles. The second-order valence-corrected chi connectivity index (χ2v) is 7.16. The number of fused-ring (bicyclic) bond motifs is 1. The molecule has 110 valence electrons. The van der Waals surface area contributed by atoms with Crippen LogP contribution in [0, 0.1) is 5.82 Å². The van der Waals surface area contributed by atoms with Gasteiger partial charge in [-0.25, -0.2) is 12.8 Å². The van der Waals surface area contributed by atoms with E-state index in [9.17, 15) is 12.8 Å². The molecule has 0 radical (unpaired) electrons. The average molecular weight is 305 g/mol. The minimum Gasteiger partial charge on any atom is -0.270 e. The van der Waals surface area contributed by atoms with Crippen LogP contribution in [0.3, 0.4) is 0 Å². The number of halogens is 1. The van der Waals surface area contributed by atoms with E-state index >= 15 is 0 Å². The van der Waals surface area contributed by atoms with Gasteiger partial charge in [-0.05, 0) is 42.2 Å². The number of hydrogen-bond acceptors (Lipinski definition) is 2. The summed E-state index contributed by atoms with van der Waals surface area (Å²) >= 11 is 0. The summed E-state index contributed by atoms with van der Waals surface area (Å²) in [5.41, 5.74) is 2.38. The van der Waals surface area contributed by atoms with Gasteiger partial charge in [0.25, 0.3) is 0 Å². The zero-order valence-electron chi connectivity index (χ0n) is 11.5. The van der Waals surface area contributed by atoms with E-state index in [-0.39, 0.29) is 11.6 Å². The Labute approximate surface area is 124 Å². The number of aryl methyl sites for hydroxylation is 1. The van der Waals surface area contributed by atoms with Gasteiger partial charge in [-0.1, -0.05) is 30.3 Å². The molecule has 3 rings (SSSR count). The molecule has 0 bridgehead atoms. The molecule has 3 nitrogen and oxygen atoms in total. The topological polar surface area (TPSA) is 37.4 Å². The lowest BCUT2D eigenvalue weighted by Gasteiger charge is -2.19. The van der Waals surface area contributed by atoms with Gasteiger partial charge in [-0.2, -0.15) is 0 Å². The van der Waals surface area contributed by atoms with E-state index in [4.69, 9.17) is 0 Å². The highest BCUT2D eigenvalue weighted by Crippen LogP contribution is 2.31. The minimum atomic E-state index is -3.37. The van der Waals surface area contributed by atoms with E-state index in [1.165, 1.54) is 16.4 Å². The molecule has 0 fully saturated rings. The molecule has 0 amide bonds. The number of nitrogens with zero attached hydrogens (tertiary/aromatic N) is 1. The molecule has 0 saturated heterocycles. The van der Waals surface area contributed by atoms with Gasteiger partial charge in [-0.15, -0.1) is 0 Å². The predicted molar refractivity (Wildman–Crippen MR) is 81.4 cm³/mol. The van der Waals surface area contributed by atoms with Crippen LogP contribution in [-0.2, 0) is 22.9 Å². The number of anilines is 1. The highest BCUT2D eigenvalue weighted by molar-refractivity contribution is 7.92. The number of benzene rings is 2. The summed E-state index contributed by atoms with van der Waals surface area (Å²) in [6.07, 6.45) is 1.05. The molecule has 1 heterocycles. The molecule has 21 heavy (non-hydrogen) atoms. The van der Waals surface area contributed by atoms with Gasteiger partial charge in [0.05, 0.1) is 11.4 Å². The fraction of sp³-hybridized carbons (Fsp3) is 0.250. The first-order valence-corrected chi connectivity index (χ1v) is 8.50. The maximum atomic E-state index is 13.2. The fourth-order valence-corrected chi connectivity index (χ4v) is 4.19. The van der Waals surface area contributed by atoms with Crippen LogP contribution in [0.5, 0.6) is 0 Å².